The van der Waals surface area contributed by atoms with Crippen LogP contribution in [0.4, 0.5) is 0 Å². The van der Waals surface area contributed by atoms with Crippen LogP contribution >= 0.6 is 0 Å². The van der Waals surface area contributed by atoms with Gasteiger partial charge in [-0.15, -0.1) is 0 Å². The standard InChI is InChI=1S/C11H17N3O/c1-13(2)6-3-7-14-8-4-11(5-9-14)10-12-15/h4-5,8-10H,3,6-7H2,1-2H3/p+1. The van der Waals surface area contributed by atoms with Crippen LogP contribution in [0.2, 0.25) is 0 Å². The first-order valence-corrected chi connectivity index (χ1v) is 5.03. The summed E-state index contributed by atoms with van der Waals surface area (Å²) in [7, 11) is 4.15. The molecule has 0 radical (unpaired) electrons. The normalized spacial score (nSPS) is 11.4. The summed E-state index contributed by atoms with van der Waals surface area (Å²) >= 11 is 0. The fourth-order valence-electron chi connectivity index (χ4n) is 1.34. The lowest BCUT2D eigenvalue weighted by molar-refractivity contribution is -0.697. The Morgan fingerprint density at radius 3 is 2.60 bits per heavy atom. The zero-order valence-corrected chi connectivity index (χ0v) is 9.30. The third-order valence-electron chi connectivity index (χ3n) is 2.15. The molecule has 0 spiro atoms. The van der Waals surface area contributed by atoms with Crippen LogP contribution in [0.3, 0.4) is 0 Å². The summed E-state index contributed by atoms with van der Waals surface area (Å²) in [4.78, 5) is 2.17. The molecule has 0 saturated heterocycles. The first kappa shape index (κ1) is 11.7. The Labute approximate surface area is 90.5 Å². The Kier molecular flexibility index (Phi) is 4.77. The van der Waals surface area contributed by atoms with Gasteiger partial charge < -0.3 is 10.1 Å². The molecule has 0 aliphatic rings. The number of aromatic nitrogens is 1. The molecular weight excluding hydrogens is 190 g/mol. The largest absolute Gasteiger partial charge is 0.411 e. The van der Waals surface area contributed by atoms with Gasteiger partial charge in [0.15, 0.2) is 12.4 Å². The smallest absolute Gasteiger partial charge is 0.169 e. The number of hydrogen-bond acceptors (Lipinski definition) is 3. The molecule has 0 atom stereocenters. The fourth-order valence-corrected chi connectivity index (χ4v) is 1.34. The molecule has 82 valence electrons. The van der Waals surface area contributed by atoms with E-state index in [1.165, 1.54) is 6.21 Å². The molecule has 0 aliphatic carbocycles. The summed E-state index contributed by atoms with van der Waals surface area (Å²) in [6.45, 7) is 2.10. The van der Waals surface area contributed by atoms with Crippen LogP contribution < -0.4 is 4.57 Å². The minimum Gasteiger partial charge on any atom is -0.411 e. The summed E-state index contributed by atoms with van der Waals surface area (Å²) in [6.07, 6.45) is 6.54. The van der Waals surface area contributed by atoms with Crippen molar-refractivity contribution in [2.75, 3.05) is 20.6 Å². The Balaban J connectivity index is 2.42. The zero-order chi connectivity index (χ0) is 11.1. The van der Waals surface area contributed by atoms with Gasteiger partial charge in [-0.05, 0) is 14.1 Å². The number of pyridine rings is 1. The van der Waals surface area contributed by atoms with Crippen LogP contribution in [0, 0.1) is 0 Å². The molecule has 0 aliphatic heterocycles. The van der Waals surface area contributed by atoms with E-state index < -0.39 is 0 Å². The lowest BCUT2D eigenvalue weighted by Gasteiger charge is -2.06. The highest BCUT2D eigenvalue weighted by Gasteiger charge is 2.00. The lowest BCUT2D eigenvalue weighted by atomic mass is 10.3. The Hall–Kier alpha value is -1.42. The van der Waals surface area contributed by atoms with E-state index in [0.717, 1.165) is 25.1 Å². The average molecular weight is 208 g/mol. The topological polar surface area (TPSA) is 39.7 Å². The second kappa shape index (κ2) is 6.14. The molecule has 0 unspecified atom stereocenters. The van der Waals surface area contributed by atoms with E-state index in [-0.39, 0.29) is 0 Å². The van der Waals surface area contributed by atoms with E-state index in [9.17, 15) is 0 Å². The molecule has 0 amide bonds. The van der Waals surface area contributed by atoms with Crippen molar-refractivity contribution in [2.24, 2.45) is 5.16 Å². The predicted octanol–water partition coefficient (Wildman–Crippen LogP) is 0.734. The highest BCUT2D eigenvalue weighted by molar-refractivity contribution is 5.78. The Morgan fingerprint density at radius 1 is 1.40 bits per heavy atom. The van der Waals surface area contributed by atoms with Gasteiger partial charge >= 0.3 is 0 Å². The molecule has 0 aromatic carbocycles. The molecule has 1 aromatic rings. The maximum Gasteiger partial charge on any atom is 0.169 e. The van der Waals surface area contributed by atoms with Gasteiger partial charge in [-0.1, -0.05) is 5.16 Å². The summed E-state index contributed by atoms with van der Waals surface area (Å²) in [5, 5.41) is 11.3. The van der Waals surface area contributed by atoms with E-state index in [1.807, 2.05) is 24.5 Å². The van der Waals surface area contributed by atoms with Gasteiger partial charge in [0, 0.05) is 30.7 Å². The Bertz CT molecular complexity index is 306. The quantitative estimate of drug-likeness (QED) is 0.335. The van der Waals surface area contributed by atoms with Gasteiger partial charge in [0.1, 0.15) is 6.54 Å². The predicted molar refractivity (Wildman–Crippen MR) is 59.2 cm³/mol. The molecule has 0 fully saturated rings. The van der Waals surface area contributed by atoms with Crippen molar-refractivity contribution in [3.8, 4) is 0 Å². The van der Waals surface area contributed by atoms with E-state index >= 15 is 0 Å². The zero-order valence-electron chi connectivity index (χ0n) is 9.30. The van der Waals surface area contributed by atoms with Crippen LogP contribution in [0.1, 0.15) is 12.0 Å². The lowest BCUT2D eigenvalue weighted by Crippen LogP contribution is -2.34. The van der Waals surface area contributed by atoms with Crippen LogP contribution in [0.5, 0.6) is 0 Å². The molecular formula is C11H18N3O+. The highest BCUT2D eigenvalue weighted by Crippen LogP contribution is 1.91. The minimum absolute atomic E-state index is 0.904. The second-order valence-electron chi connectivity index (χ2n) is 3.77. The van der Waals surface area contributed by atoms with Gasteiger partial charge in [0.2, 0.25) is 0 Å². The van der Waals surface area contributed by atoms with Crippen molar-refractivity contribution in [2.45, 2.75) is 13.0 Å². The monoisotopic (exact) mass is 208 g/mol. The summed E-state index contributed by atoms with van der Waals surface area (Å²) in [5.74, 6) is 0. The van der Waals surface area contributed by atoms with Crippen LogP contribution in [0.15, 0.2) is 29.7 Å². The fraction of sp³-hybridized carbons (Fsp3) is 0.455. The molecule has 1 rings (SSSR count). The van der Waals surface area contributed by atoms with Crippen molar-refractivity contribution in [1.82, 2.24) is 4.90 Å². The highest BCUT2D eigenvalue weighted by atomic mass is 16.4. The molecule has 15 heavy (non-hydrogen) atoms. The van der Waals surface area contributed by atoms with E-state index in [4.69, 9.17) is 5.21 Å². The van der Waals surface area contributed by atoms with Crippen LogP contribution in [-0.4, -0.2) is 37.0 Å². The first-order valence-electron chi connectivity index (χ1n) is 5.03. The third kappa shape index (κ3) is 4.56. The van der Waals surface area contributed by atoms with Crippen molar-refractivity contribution < 1.29 is 9.77 Å². The SMILES string of the molecule is CN(C)CCC[n+]1ccc(/C=N/O)cc1. The molecule has 1 N–H and O–H groups in total. The molecule has 4 heteroatoms. The number of oxime groups is 1. The third-order valence-corrected chi connectivity index (χ3v) is 2.15. The van der Waals surface area contributed by atoms with Gasteiger partial charge in [-0.3, -0.25) is 0 Å². The molecule has 0 saturated carbocycles. The van der Waals surface area contributed by atoms with Gasteiger partial charge in [0.25, 0.3) is 0 Å². The maximum atomic E-state index is 8.35. The van der Waals surface area contributed by atoms with Crippen molar-refractivity contribution in [1.29, 1.82) is 0 Å². The molecule has 0 bridgehead atoms. The van der Waals surface area contributed by atoms with Crippen molar-refractivity contribution in [3.05, 3.63) is 30.1 Å². The van der Waals surface area contributed by atoms with Gasteiger partial charge in [-0.25, -0.2) is 4.57 Å². The van der Waals surface area contributed by atoms with Crippen molar-refractivity contribution in [3.63, 3.8) is 0 Å². The number of hydrogen-bond donors (Lipinski definition) is 1. The summed E-state index contributed by atoms with van der Waals surface area (Å²) in [5.41, 5.74) is 0.904. The summed E-state index contributed by atoms with van der Waals surface area (Å²) < 4.78 is 2.12. The van der Waals surface area contributed by atoms with Crippen molar-refractivity contribution >= 4 is 6.21 Å². The number of aryl methyl sites for hydroxylation is 1. The number of nitrogens with zero attached hydrogens (tertiary/aromatic N) is 3. The first-order chi connectivity index (χ1) is 7.22. The summed E-state index contributed by atoms with van der Waals surface area (Å²) in [6, 6.07) is 3.85. The van der Waals surface area contributed by atoms with E-state index in [1.54, 1.807) is 0 Å². The average Bonchev–Trinajstić information content (AvgIpc) is 2.20. The minimum atomic E-state index is 0.904. The van der Waals surface area contributed by atoms with Gasteiger partial charge in [0.05, 0.1) is 6.21 Å². The van der Waals surface area contributed by atoms with E-state index in [2.05, 4.69) is 28.7 Å². The second-order valence-corrected chi connectivity index (χ2v) is 3.77. The Morgan fingerprint density at radius 2 is 2.07 bits per heavy atom. The van der Waals surface area contributed by atoms with E-state index in [0.29, 0.717) is 0 Å². The van der Waals surface area contributed by atoms with Crippen LogP contribution in [0.25, 0.3) is 0 Å². The molecule has 4 nitrogen and oxygen atoms in total. The van der Waals surface area contributed by atoms with Crippen LogP contribution in [-0.2, 0) is 6.54 Å². The van der Waals surface area contributed by atoms with Gasteiger partial charge in [-0.2, -0.15) is 0 Å². The molecule has 1 aromatic heterocycles. The maximum absolute atomic E-state index is 8.35. The number of rotatable bonds is 5. The molecule has 1 heterocycles.